The van der Waals surface area contributed by atoms with Crippen molar-refractivity contribution in [3.8, 4) is 11.5 Å². The van der Waals surface area contributed by atoms with E-state index in [-0.39, 0.29) is 0 Å². The van der Waals surface area contributed by atoms with Crippen molar-refractivity contribution in [2.24, 2.45) is 0 Å². The molecule has 3 rings (SSSR count). The van der Waals surface area contributed by atoms with Gasteiger partial charge in [0.25, 0.3) is 0 Å². The van der Waals surface area contributed by atoms with Gasteiger partial charge in [-0.25, -0.2) is 0 Å². The molecule has 0 aromatic heterocycles. The molecule has 0 bridgehead atoms. The van der Waals surface area contributed by atoms with Gasteiger partial charge >= 0.3 is 0 Å². The average molecular weight is 310 g/mol. The van der Waals surface area contributed by atoms with Crippen molar-refractivity contribution in [2.75, 3.05) is 19.8 Å². The maximum atomic E-state index is 6.55. The molecule has 1 fully saturated rings. The third kappa shape index (κ3) is 3.29. The molecule has 116 valence electrons. The van der Waals surface area contributed by atoms with E-state index in [2.05, 4.69) is 12.2 Å². The molecule has 1 aromatic carbocycles. The van der Waals surface area contributed by atoms with Crippen LogP contribution in [0.25, 0.3) is 0 Å². The molecule has 1 atom stereocenters. The van der Waals surface area contributed by atoms with Crippen molar-refractivity contribution in [1.29, 1.82) is 0 Å². The van der Waals surface area contributed by atoms with E-state index in [0.717, 1.165) is 48.9 Å². The lowest BCUT2D eigenvalue weighted by Gasteiger charge is -2.26. The first-order valence-electron chi connectivity index (χ1n) is 8.12. The summed E-state index contributed by atoms with van der Waals surface area (Å²) >= 11 is 6.55. The Hall–Kier alpha value is -0.930. The van der Waals surface area contributed by atoms with E-state index in [1.165, 1.54) is 30.4 Å². The molecular weight excluding hydrogens is 286 g/mol. The summed E-state index contributed by atoms with van der Waals surface area (Å²) < 4.78 is 11.7. The fourth-order valence-corrected chi connectivity index (χ4v) is 3.61. The summed E-state index contributed by atoms with van der Waals surface area (Å²) in [6.45, 7) is 4.71. The molecular formula is C17H24ClNO2. The van der Waals surface area contributed by atoms with Crippen LogP contribution in [0.1, 0.15) is 43.7 Å². The van der Waals surface area contributed by atoms with E-state index in [1.54, 1.807) is 0 Å². The highest BCUT2D eigenvalue weighted by molar-refractivity contribution is 6.31. The topological polar surface area (TPSA) is 30.5 Å². The van der Waals surface area contributed by atoms with Crippen LogP contribution in [-0.4, -0.2) is 25.8 Å². The van der Waals surface area contributed by atoms with Crippen molar-refractivity contribution < 1.29 is 9.47 Å². The molecule has 4 heteroatoms. The van der Waals surface area contributed by atoms with E-state index >= 15 is 0 Å². The fourth-order valence-electron chi connectivity index (χ4n) is 3.32. The number of hydrogen-bond donors (Lipinski definition) is 1. The number of rotatable bonds is 3. The highest BCUT2D eigenvalue weighted by Crippen LogP contribution is 2.40. The van der Waals surface area contributed by atoms with Gasteiger partial charge in [0, 0.05) is 29.1 Å². The molecule has 3 nitrogen and oxygen atoms in total. The maximum absolute atomic E-state index is 6.55. The molecule has 2 aliphatic heterocycles. The van der Waals surface area contributed by atoms with Crippen LogP contribution in [0.5, 0.6) is 11.5 Å². The second kappa shape index (κ2) is 6.89. The molecule has 0 saturated carbocycles. The third-order valence-corrected chi connectivity index (χ3v) is 4.75. The van der Waals surface area contributed by atoms with Gasteiger partial charge in [0.15, 0.2) is 11.5 Å². The van der Waals surface area contributed by atoms with E-state index in [4.69, 9.17) is 21.1 Å². The Morgan fingerprint density at radius 3 is 2.81 bits per heavy atom. The molecule has 1 saturated heterocycles. The first kappa shape index (κ1) is 15.0. The van der Waals surface area contributed by atoms with Crippen LogP contribution in [0.3, 0.4) is 0 Å². The standard InChI is InChI=1S/C17H24ClNO2/c1-2-13-14(10-12-6-3-4-7-19-12)15(18)11-16-17(13)21-9-5-8-20-16/h11-12,19H,2-10H2,1H3. The van der Waals surface area contributed by atoms with E-state index in [9.17, 15) is 0 Å². The minimum absolute atomic E-state index is 0.534. The Morgan fingerprint density at radius 1 is 1.19 bits per heavy atom. The van der Waals surface area contributed by atoms with Gasteiger partial charge in [-0.05, 0) is 37.8 Å². The van der Waals surface area contributed by atoms with Gasteiger partial charge in [-0.15, -0.1) is 0 Å². The zero-order valence-electron chi connectivity index (χ0n) is 12.7. The van der Waals surface area contributed by atoms with Gasteiger partial charge in [0.2, 0.25) is 0 Å². The summed E-state index contributed by atoms with van der Waals surface area (Å²) in [6, 6.07) is 2.48. The monoisotopic (exact) mass is 309 g/mol. The number of benzene rings is 1. The summed E-state index contributed by atoms with van der Waals surface area (Å²) in [5.41, 5.74) is 2.47. The van der Waals surface area contributed by atoms with Crippen LogP contribution in [-0.2, 0) is 12.8 Å². The molecule has 1 unspecified atom stereocenters. The molecule has 2 aliphatic rings. The molecule has 0 spiro atoms. The SMILES string of the molecule is CCc1c(CC2CCCCN2)c(Cl)cc2c1OCCCO2. The molecule has 21 heavy (non-hydrogen) atoms. The second-order valence-corrected chi connectivity index (χ2v) is 6.30. The largest absolute Gasteiger partial charge is 0.489 e. The predicted molar refractivity (Wildman–Crippen MR) is 85.8 cm³/mol. The van der Waals surface area contributed by atoms with Crippen LogP contribution in [0.15, 0.2) is 6.07 Å². The Morgan fingerprint density at radius 2 is 2.05 bits per heavy atom. The summed E-state index contributed by atoms with van der Waals surface area (Å²) in [4.78, 5) is 0. The molecule has 2 heterocycles. The van der Waals surface area contributed by atoms with Crippen molar-refractivity contribution in [1.82, 2.24) is 5.32 Å². The molecule has 0 radical (unpaired) electrons. The van der Waals surface area contributed by atoms with Crippen molar-refractivity contribution in [2.45, 2.75) is 51.5 Å². The van der Waals surface area contributed by atoms with E-state index in [0.29, 0.717) is 12.6 Å². The summed E-state index contributed by atoms with van der Waals surface area (Å²) in [7, 11) is 0. The number of nitrogens with one attached hydrogen (secondary N) is 1. The molecule has 1 N–H and O–H groups in total. The van der Waals surface area contributed by atoms with Crippen LogP contribution in [0.2, 0.25) is 5.02 Å². The van der Waals surface area contributed by atoms with E-state index in [1.807, 2.05) is 6.07 Å². The van der Waals surface area contributed by atoms with Gasteiger partial charge in [-0.1, -0.05) is 24.9 Å². The number of hydrogen-bond acceptors (Lipinski definition) is 3. The summed E-state index contributed by atoms with van der Waals surface area (Å²) in [6.07, 6.45) is 6.66. The fraction of sp³-hybridized carbons (Fsp3) is 0.647. The van der Waals surface area contributed by atoms with Crippen LogP contribution >= 0.6 is 11.6 Å². The van der Waals surface area contributed by atoms with Crippen LogP contribution in [0.4, 0.5) is 0 Å². The zero-order valence-corrected chi connectivity index (χ0v) is 13.5. The van der Waals surface area contributed by atoms with Crippen LogP contribution < -0.4 is 14.8 Å². The number of ether oxygens (including phenoxy) is 2. The quantitative estimate of drug-likeness (QED) is 0.922. The first-order valence-corrected chi connectivity index (χ1v) is 8.50. The van der Waals surface area contributed by atoms with E-state index < -0.39 is 0 Å². The van der Waals surface area contributed by atoms with Gasteiger partial charge in [0.05, 0.1) is 13.2 Å². The van der Waals surface area contributed by atoms with Crippen molar-refractivity contribution >= 4 is 11.6 Å². The maximum Gasteiger partial charge on any atom is 0.164 e. The van der Waals surface area contributed by atoms with Gasteiger partial charge in [-0.2, -0.15) is 0 Å². The lowest BCUT2D eigenvalue weighted by atomic mass is 9.93. The Balaban J connectivity index is 1.92. The highest BCUT2D eigenvalue weighted by Gasteiger charge is 2.23. The Labute approximate surface area is 132 Å². The minimum Gasteiger partial charge on any atom is -0.489 e. The number of piperidine rings is 1. The Kier molecular flexibility index (Phi) is 4.91. The normalized spacial score (nSPS) is 21.9. The van der Waals surface area contributed by atoms with Gasteiger partial charge in [-0.3, -0.25) is 0 Å². The number of halogens is 1. The van der Waals surface area contributed by atoms with Gasteiger partial charge < -0.3 is 14.8 Å². The van der Waals surface area contributed by atoms with Crippen molar-refractivity contribution in [3.05, 3.63) is 22.2 Å². The third-order valence-electron chi connectivity index (χ3n) is 4.42. The lowest BCUT2D eigenvalue weighted by Crippen LogP contribution is -2.35. The second-order valence-electron chi connectivity index (χ2n) is 5.90. The summed E-state index contributed by atoms with van der Waals surface area (Å²) in [5.74, 6) is 1.74. The smallest absolute Gasteiger partial charge is 0.164 e. The summed E-state index contributed by atoms with van der Waals surface area (Å²) in [5, 5.41) is 4.43. The first-order chi connectivity index (χ1) is 10.3. The molecule has 0 amide bonds. The van der Waals surface area contributed by atoms with Crippen LogP contribution in [0, 0.1) is 0 Å². The zero-order chi connectivity index (χ0) is 14.7. The van der Waals surface area contributed by atoms with Gasteiger partial charge in [0.1, 0.15) is 0 Å². The molecule has 1 aromatic rings. The predicted octanol–water partition coefficient (Wildman–Crippen LogP) is 3.75. The minimum atomic E-state index is 0.534. The van der Waals surface area contributed by atoms with Crippen molar-refractivity contribution in [3.63, 3.8) is 0 Å². The Bertz CT molecular complexity index is 498. The number of fused-ring (bicyclic) bond motifs is 1. The molecule has 0 aliphatic carbocycles. The lowest BCUT2D eigenvalue weighted by molar-refractivity contribution is 0.296. The average Bonchev–Trinajstić information content (AvgIpc) is 2.74. The highest BCUT2D eigenvalue weighted by atomic mass is 35.5.